The third kappa shape index (κ3) is 4.59. The second-order valence-corrected chi connectivity index (χ2v) is 8.26. The van der Waals surface area contributed by atoms with E-state index in [-0.39, 0.29) is 11.8 Å². The van der Waals surface area contributed by atoms with Gasteiger partial charge in [-0.3, -0.25) is 23.7 Å². The number of carbonyl (C=O) groups excluding carboxylic acids is 3. The lowest BCUT2D eigenvalue weighted by Crippen LogP contribution is -2.50. The van der Waals surface area contributed by atoms with E-state index in [4.69, 9.17) is 4.74 Å². The van der Waals surface area contributed by atoms with E-state index in [0.717, 1.165) is 23.4 Å². The molecule has 2 aromatic heterocycles. The molecule has 1 aliphatic rings. The Morgan fingerprint density at radius 2 is 1.74 bits per heavy atom. The van der Waals surface area contributed by atoms with Gasteiger partial charge in [-0.1, -0.05) is 19.1 Å². The number of aryl methyl sites for hydroxylation is 1. The van der Waals surface area contributed by atoms with Crippen molar-refractivity contribution in [2.24, 2.45) is 0 Å². The Balaban J connectivity index is 1.63. The van der Waals surface area contributed by atoms with Crippen LogP contribution in [-0.4, -0.2) is 70.7 Å². The summed E-state index contributed by atoms with van der Waals surface area (Å²) in [5, 5.41) is 0. The number of rotatable bonds is 7. The number of aromatic nitrogens is 2. The summed E-state index contributed by atoms with van der Waals surface area (Å²) in [7, 11) is 1.61. The lowest BCUT2D eigenvalue weighted by molar-refractivity contribution is -0.130. The van der Waals surface area contributed by atoms with Crippen LogP contribution in [0.2, 0.25) is 0 Å². The normalized spacial score (nSPS) is 13.7. The number of piperazine rings is 1. The van der Waals surface area contributed by atoms with E-state index in [1.54, 1.807) is 47.1 Å². The van der Waals surface area contributed by atoms with Crippen molar-refractivity contribution in [1.82, 2.24) is 19.2 Å². The smallest absolute Gasteiger partial charge is 0.255 e. The monoisotopic (exact) mass is 463 g/mol. The van der Waals surface area contributed by atoms with Crippen LogP contribution in [0.25, 0.3) is 5.65 Å². The average molecular weight is 464 g/mol. The number of ether oxygens (including phenoxy) is 1. The number of pyridine rings is 1. The predicted molar refractivity (Wildman–Crippen MR) is 128 cm³/mol. The van der Waals surface area contributed by atoms with Gasteiger partial charge in [0.25, 0.3) is 5.91 Å². The van der Waals surface area contributed by atoms with E-state index < -0.39 is 0 Å². The first-order chi connectivity index (χ1) is 16.4. The standard InChI is InChI=1S/C25H29N5O4/c1-4-22-24(29(17-31)15-19-5-8-21(34-3)9-6-19)30-16-20(7-10-23(30)26-22)25(33)28-13-11-27(12-14-28)18(2)32/h5-10,16-17H,4,11-15H2,1-3H3. The van der Waals surface area contributed by atoms with Crippen LogP contribution < -0.4 is 9.64 Å². The minimum absolute atomic E-state index is 0.0227. The van der Waals surface area contributed by atoms with Gasteiger partial charge in [0.2, 0.25) is 12.3 Å². The summed E-state index contributed by atoms with van der Waals surface area (Å²) < 4.78 is 7.03. The highest BCUT2D eigenvalue weighted by molar-refractivity contribution is 5.94. The number of imidazole rings is 1. The molecule has 178 valence electrons. The Morgan fingerprint density at radius 3 is 2.32 bits per heavy atom. The number of amides is 3. The van der Waals surface area contributed by atoms with Crippen LogP contribution in [0.5, 0.6) is 5.75 Å². The molecule has 0 radical (unpaired) electrons. The van der Waals surface area contributed by atoms with E-state index >= 15 is 0 Å². The van der Waals surface area contributed by atoms with Gasteiger partial charge in [0.15, 0.2) is 0 Å². The summed E-state index contributed by atoms with van der Waals surface area (Å²) in [5.74, 6) is 1.32. The Kier molecular flexibility index (Phi) is 6.81. The van der Waals surface area contributed by atoms with Crippen molar-refractivity contribution in [3.8, 4) is 5.75 Å². The fourth-order valence-electron chi connectivity index (χ4n) is 4.25. The summed E-state index contributed by atoms with van der Waals surface area (Å²) in [6, 6.07) is 11.1. The molecule has 9 heteroatoms. The van der Waals surface area contributed by atoms with Crippen LogP contribution in [0.4, 0.5) is 5.82 Å². The fraction of sp³-hybridized carbons (Fsp3) is 0.360. The number of carbonyl (C=O) groups is 3. The van der Waals surface area contributed by atoms with Gasteiger partial charge >= 0.3 is 0 Å². The zero-order chi connectivity index (χ0) is 24.2. The molecule has 3 aromatic rings. The van der Waals surface area contributed by atoms with Gasteiger partial charge in [0.05, 0.1) is 24.9 Å². The maximum absolute atomic E-state index is 13.2. The first kappa shape index (κ1) is 23.3. The molecule has 0 saturated carbocycles. The van der Waals surface area contributed by atoms with Crippen LogP contribution in [0.15, 0.2) is 42.6 Å². The second-order valence-electron chi connectivity index (χ2n) is 8.26. The van der Waals surface area contributed by atoms with Crippen LogP contribution >= 0.6 is 0 Å². The quantitative estimate of drug-likeness (QED) is 0.502. The topological polar surface area (TPSA) is 87.5 Å². The molecule has 4 rings (SSSR count). The second kappa shape index (κ2) is 9.94. The highest BCUT2D eigenvalue weighted by atomic mass is 16.5. The summed E-state index contributed by atoms with van der Waals surface area (Å²) in [6.45, 7) is 5.93. The van der Waals surface area contributed by atoms with Crippen molar-refractivity contribution in [1.29, 1.82) is 0 Å². The minimum atomic E-state index is -0.101. The van der Waals surface area contributed by atoms with Crippen molar-refractivity contribution in [2.75, 3.05) is 38.2 Å². The number of hydrogen-bond acceptors (Lipinski definition) is 5. The zero-order valence-electron chi connectivity index (χ0n) is 19.7. The highest BCUT2D eigenvalue weighted by Gasteiger charge is 2.25. The molecule has 0 bridgehead atoms. The molecule has 3 heterocycles. The van der Waals surface area contributed by atoms with Gasteiger partial charge in [-0.15, -0.1) is 0 Å². The van der Waals surface area contributed by atoms with Gasteiger partial charge in [-0.05, 0) is 36.2 Å². The SMILES string of the molecule is CCc1nc2ccc(C(=O)N3CCN(C(C)=O)CC3)cn2c1N(C=O)Cc1ccc(OC)cc1. The molecule has 34 heavy (non-hydrogen) atoms. The summed E-state index contributed by atoms with van der Waals surface area (Å²) in [6.07, 6.45) is 3.18. The van der Waals surface area contributed by atoms with E-state index in [1.807, 2.05) is 35.6 Å². The molecule has 1 aliphatic heterocycles. The number of hydrogen-bond donors (Lipinski definition) is 0. The largest absolute Gasteiger partial charge is 0.497 e. The highest BCUT2D eigenvalue weighted by Crippen LogP contribution is 2.26. The maximum atomic E-state index is 13.2. The number of nitrogens with zero attached hydrogens (tertiary/aromatic N) is 5. The number of methoxy groups -OCH3 is 1. The Hall–Kier alpha value is -3.88. The molecule has 0 spiro atoms. The average Bonchev–Trinajstić information content (AvgIpc) is 3.25. The van der Waals surface area contributed by atoms with Gasteiger partial charge < -0.3 is 14.5 Å². The van der Waals surface area contributed by atoms with Crippen LogP contribution in [0.3, 0.4) is 0 Å². The lowest BCUT2D eigenvalue weighted by Gasteiger charge is -2.34. The Morgan fingerprint density at radius 1 is 1.06 bits per heavy atom. The van der Waals surface area contributed by atoms with Crippen LogP contribution in [-0.2, 0) is 22.6 Å². The van der Waals surface area contributed by atoms with E-state index in [0.29, 0.717) is 56.2 Å². The molecular weight excluding hydrogens is 434 g/mol. The van der Waals surface area contributed by atoms with Gasteiger partial charge in [0, 0.05) is 39.3 Å². The molecule has 1 fully saturated rings. The van der Waals surface area contributed by atoms with E-state index in [1.165, 1.54) is 0 Å². The first-order valence-electron chi connectivity index (χ1n) is 11.4. The van der Waals surface area contributed by atoms with Crippen molar-refractivity contribution in [2.45, 2.75) is 26.8 Å². The van der Waals surface area contributed by atoms with Crippen molar-refractivity contribution < 1.29 is 19.1 Å². The minimum Gasteiger partial charge on any atom is -0.497 e. The fourth-order valence-corrected chi connectivity index (χ4v) is 4.25. The molecular formula is C25H29N5O4. The van der Waals surface area contributed by atoms with Gasteiger partial charge in [-0.2, -0.15) is 0 Å². The lowest BCUT2D eigenvalue weighted by atomic mass is 10.2. The summed E-state index contributed by atoms with van der Waals surface area (Å²) >= 11 is 0. The van der Waals surface area contributed by atoms with Crippen LogP contribution in [0, 0.1) is 0 Å². The number of benzene rings is 1. The van der Waals surface area contributed by atoms with Gasteiger partial charge in [0.1, 0.15) is 17.2 Å². The summed E-state index contributed by atoms with van der Waals surface area (Å²) in [5.41, 5.74) is 2.91. The molecule has 0 atom stereocenters. The molecule has 0 N–H and O–H groups in total. The molecule has 3 amide bonds. The maximum Gasteiger partial charge on any atom is 0.255 e. The predicted octanol–water partition coefficient (Wildman–Crippen LogP) is 2.37. The summed E-state index contributed by atoms with van der Waals surface area (Å²) in [4.78, 5) is 46.7. The molecule has 0 aliphatic carbocycles. The van der Waals surface area contributed by atoms with Crippen molar-refractivity contribution >= 4 is 29.7 Å². The van der Waals surface area contributed by atoms with Crippen LogP contribution in [0.1, 0.15) is 35.5 Å². The number of anilines is 1. The van der Waals surface area contributed by atoms with Gasteiger partial charge in [-0.25, -0.2) is 4.98 Å². The third-order valence-corrected chi connectivity index (χ3v) is 6.17. The first-order valence-corrected chi connectivity index (χ1v) is 11.4. The Labute approximate surface area is 198 Å². The molecule has 0 unspecified atom stereocenters. The van der Waals surface area contributed by atoms with Crippen molar-refractivity contribution in [3.05, 3.63) is 59.4 Å². The van der Waals surface area contributed by atoms with Crippen molar-refractivity contribution in [3.63, 3.8) is 0 Å². The van der Waals surface area contributed by atoms with E-state index in [9.17, 15) is 14.4 Å². The zero-order valence-corrected chi connectivity index (χ0v) is 19.7. The number of fused-ring (bicyclic) bond motifs is 1. The molecule has 1 saturated heterocycles. The molecule has 9 nitrogen and oxygen atoms in total. The van der Waals surface area contributed by atoms with E-state index in [2.05, 4.69) is 4.98 Å². The third-order valence-electron chi connectivity index (χ3n) is 6.17. The molecule has 1 aromatic carbocycles. The Bertz CT molecular complexity index is 1200.